The molecule has 4 N–H and O–H groups in total. The van der Waals surface area contributed by atoms with Crippen molar-refractivity contribution in [2.24, 2.45) is 0 Å². The van der Waals surface area contributed by atoms with Crippen LogP contribution in [0.3, 0.4) is 0 Å². The standard InChI is InChI=1S/C102H106N8/c1-27-71-75-31-39-83(103-75)91(59-47-63(95(3,4)5)55-64(48-59)96(6,7)8)87-43-35-79(107-87)73(80-36-44-88(108-80)92(84-40-32-76(71)104-84)60-49-65(97(9,10)11)56-66(50-60)98(12,13)14)29-30-74-81-37-45-89(109-81)93(61-51-67(99(15,16)17)57-68(52-61)100(18,19)20)85-41-33-77(105-85)72(28-2)78-34-42-86(106-78)94(90-46-38-82(74)110-90)62-53-69(101(21,22)23)58-70(54-62)102(24,25)26/h1-2,31-58,103,105,108,110H,3-26H3. The van der Waals surface area contributed by atoms with Crippen molar-refractivity contribution in [3.8, 4) is 81.0 Å². The SMILES string of the molecule is C#Cc1c2nc(c(-c3cc(C(C)(C)C)cc(C(C)(C)C)c3)c3ccc([nH]3)c(C#Cc3c4nc(c(-c5cc(C(C)(C)C)cc(C(C)(C)C)c5)c5ccc([nH]5)c(C#C)c5nc(c(-c6cc(C(C)(C)C)cc(C(C)(C)C)c6)c6ccc3[nH]6)C=C5)C=C4)c3nc(c(-c4cc(C(C)(C)C)cc(C(C)(C)C)c4)c4ccc1[nH]4)C=C3)C=C2. The largest absolute Gasteiger partial charge is 0.354 e. The summed E-state index contributed by atoms with van der Waals surface area (Å²) in [5.74, 6) is 14.0. The summed E-state index contributed by atoms with van der Waals surface area (Å²) >= 11 is 0. The van der Waals surface area contributed by atoms with E-state index in [1.807, 2.05) is 0 Å². The molecular formula is C102H106N8. The summed E-state index contributed by atoms with van der Waals surface area (Å²) < 4.78 is 0. The Morgan fingerprint density at radius 1 is 0.218 bits per heavy atom. The minimum Gasteiger partial charge on any atom is -0.354 e. The zero-order valence-corrected chi connectivity index (χ0v) is 69.1. The number of hydrogen-bond acceptors (Lipinski definition) is 4. The van der Waals surface area contributed by atoms with Crippen LogP contribution in [0, 0.1) is 36.5 Å². The second-order valence-corrected chi connectivity index (χ2v) is 38.7. The molecular weight excluding hydrogens is 1340 g/mol. The smallest absolute Gasteiger partial charge is 0.0815 e. The third-order valence-electron chi connectivity index (χ3n) is 21.9. The first kappa shape index (κ1) is 75.6. The van der Waals surface area contributed by atoms with Gasteiger partial charge >= 0.3 is 0 Å². The summed E-state index contributed by atoms with van der Waals surface area (Å²) in [4.78, 5) is 38.5. The molecule has 8 heteroatoms. The molecule has 554 valence electrons. The van der Waals surface area contributed by atoms with Crippen LogP contribution in [0.1, 0.15) is 278 Å². The highest BCUT2D eigenvalue weighted by Gasteiger charge is 2.30. The quantitative estimate of drug-likeness (QED) is 0.131. The highest BCUT2D eigenvalue weighted by molar-refractivity contribution is 5.99. The Labute approximate surface area is 652 Å². The second kappa shape index (κ2) is 26.8. The number of hydrogen-bond donors (Lipinski definition) is 4. The van der Waals surface area contributed by atoms with E-state index in [1.165, 1.54) is 44.5 Å². The first-order valence-corrected chi connectivity index (χ1v) is 38.8. The van der Waals surface area contributed by atoms with Crippen molar-refractivity contribution < 1.29 is 0 Å². The topological polar surface area (TPSA) is 115 Å². The summed E-state index contributed by atoms with van der Waals surface area (Å²) in [6.45, 7) is 54.7. The van der Waals surface area contributed by atoms with Crippen molar-refractivity contribution in [3.05, 3.63) is 234 Å². The molecule has 10 aromatic rings. The number of terminal acetylenes is 2. The lowest BCUT2D eigenvalue weighted by Gasteiger charge is -2.26. The highest BCUT2D eigenvalue weighted by atomic mass is 14.8. The number of aromatic nitrogens is 8. The molecule has 0 spiro atoms. The predicted octanol–water partition coefficient (Wildman–Crippen LogP) is 26.0. The Bertz CT molecular complexity index is 5520. The van der Waals surface area contributed by atoms with E-state index >= 15 is 0 Å². The number of H-pyrrole nitrogens is 4. The van der Waals surface area contributed by atoms with Gasteiger partial charge in [-0.25, -0.2) is 19.9 Å². The number of rotatable bonds is 4. The van der Waals surface area contributed by atoms with Gasteiger partial charge in [-0.3, -0.25) is 0 Å². The van der Waals surface area contributed by atoms with E-state index in [2.05, 4.69) is 380 Å². The van der Waals surface area contributed by atoms with Crippen LogP contribution in [0.5, 0.6) is 0 Å². The Hall–Kier alpha value is -11.2. The van der Waals surface area contributed by atoms with E-state index in [1.54, 1.807) is 0 Å². The van der Waals surface area contributed by atoms with Crippen LogP contribution in [-0.2, 0) is 43.3 Å². The Morgan fingerprint density at radius 3 is 0.564 bits per heavy atom. The van der Waals surface area contributed by atoms with Crippen molar-refractivity contribution >= 4 is 92.7 Å². The fourth-order valence-corrected chi connectivity index (χ4v) is 14.9. The van der Waals surface area contributed by atoms with Crippen molar-refractivity contribution in [1.82, 2.24) is 39.9 Å². The molecule has 16 bridgehead atoms. The van der Waals surface area contributed by atoms with Gasteiger partial charge in [0.15, 0.2) is 0 Å². The maximum absolute atomic E-state index is 6.65. The summed E-state index contributed by atoms with van der Waals surface area (Å²) in [6.07, 6.45) is 30.2. The van der Waals surface area contributed by atoms with E-state index in [4.69, 9.17) is 32.8 Å². The molecule has 0 saturated carbocycles. The van der Waals surface area contributed by atoms with Crippen LogP contribution in [0.4, 0.5) is 0 Å². The average Bonchev–Trinajstić information content (AvgIpc) is 1.55. The Balaban J connectivity index is 1.16. The van der Waals surface area contributed by atoms with E-state index in [9.17, 15) is 0 Å². The van der Waals surface area contributed by atoms with E-state index in [-0.39, 0.29) is 43.3 Å². The molecule has 0 atom stereocenters. The van der Waals surface area contributed by atoms with Gasteiger partial charge in [0.2, 0.25) is 0 Å². The zero-order valence-electron chi connectivity index (χ0n) is 69.1. The third kappa shape index (κ3) is 14.7. The van der Waals surface area contributed by atoms with Crippen LogP contribution < -0.4 is 0 Å². The molecule has 8 nitrogen and oxygen atoms in total. The van der Waals surface area contributed by atoms with Gasteiger partial charge < -0.3 is 19.9 Å². The minimum atomic E-state index is -0.175. The van der Waals surface area contributed by atoms with Gasteiger partial charge in [0.05, 0.1) is 89.9 Å². The maximum Gasteiger partial charge on any atom is 0.0815 e. The fraction of sp³-hybridized carbons (Fsp3) is 0.314. The molecule has 4 aliphatic rings. The number of nitrogens with zero attached hydrogens (tertiary/aromatic N) is 4. The van der Waals surface area contributed by atoms with Gasteiger partial charge in [-0.1, -0.05) is 263 Å². The summed E-state index contributed by atoms with van der Waals surface area (Å²) in [7, 11) is 0. The average molecular weight is 1440 g/mol. The molecule has 0 unspecified atom stereocenters. The van der Waals surface area contributed by atoms with Gasteiger partial charge in [0.25, 0.3) is 0 Å². The van der Waals surface area contributed by atoms with Crippen molar-refractivity contribution in [1.29, 1.82) is 0 Å². The van der Waals surface area contributed by atoms with E-state index < -0.39 is 0 Å². The van der Waals surface area contributed by atoms with E-state index in [0.717, 1.165) is 111 Å². The maximum atomic E-state index is 6.65. The monoisotopic (exact) mass is 1440 g/mol. The normalized spacial score (nSPS) is 13.4. The van der Waals surface area contributed by atoms with Gasteiger partial charge in [-0.05, 0) is 207 Å². The molecule has 110 heavy (non-hydrogen) atoms. The number of fused-ring (bicyclic) bond motifs is 16. The Morgan fingerprint density at radius 2 is 0.382 bits per heavy atom. The van der Waals surface area contributed by atoms with Crippen LogP contribution in [0.2, 0.25) is 0 Å². The lowest BCUT2D eigenvalue weighted by atomic mass is 9.78. The lowest BCUT2D eigenvalue weighted by Crippen LogP contribution is -2.16. The van der Waals surface area contributed by atoms with Gasteiger partial charge in [0, 0.05) is 44.3 Å². The van der Waals surface area contributed by atoms with E-state index in [0.29, 0.717) is 45.0 Å². The zero-order chi connectivity index (χ0) is 79.1. The molecule has 4 aliphatic heterocycles. The first-order chi connectivity index (χ1) is 51.4. The minimum absolute atomic E-state index is 0.175. The number of aromatic amines is 4. The number of benzene rings is 4. The van der Waals surface area contributed by atoms with Gasteiger partial charge in [0.1, 0.15) is 0 Å². The number of nitrogens with one attached hydrogen (secondary N) is 4. The molecule has 4 aromatic carbocycles. The molecule has 10 heterocycles. The third-order valence-corrected chi connectivity index (χ3v) is 21.9. The second-order valence-electron chi connectivity index (χ2n) is 38.7. The van der Waals surface area contributed by atoms with Crippen LogP contribution in [-0.4, -0.2) is 39.9 Å². The first-order valence-electron chi connectivity index (χ1n) is 38.8. The summed E-state index contributed by atoms with van der Waals surface area (Å²) in [6, 6.07) is 45.2. The van der Waals surface area contributed by atoms with Crippen molar-refractivity contribution in [2.75, 3.05) is 0 Å². The summed E-state index contributed by atoms with van der Waals surface area (Å²) in [5, 5.41) is 0. The predicted molar refractivity (Wildman–Crippen MR) is 471 cm³/mol. The van der Waals surface area contributed by atoms with Gasteiger partial charge in [-0.15, -0.1) is 12.8 Å². The molecule has 0 saturated heterocycles. The highest BCUT2D eigenvalue weighted by Crippen LogP contribution is 2.45. The molecule has 6 aromatic heterocycles. The van der Waals surface area contributed by atoms with Crippen LogP contribution in [0.25, 0.3) is 137 Å². The van der Waals surface area contributed by atoms with Crippen LogP contribution >= 0.6 is 0 Å². The fourth-order valence-electron chi connectivity index (χ4n) is 14.9. The lowest BCUT2D eigenvalue weighted by molar-refractivity contribution is 0.568. The van der Waals surface area contributed by atoms with Crippen LogP contribution in [0.15, 0.2) is 121 Å². The molecule has 0 radical (unpaired) electrons. The molecule has 14 rings (SSSR count). The van der Waals surface area contributed by atoms with Gasteiger partial charge in [-0.2, -0.15) is 0 Å². The van der Waals surface area contributed by atoms with Crippen molar-refractivity contribution in [3.63, 3.8) is 0 Å². The summed E-state index contributed by atoms with van der Waals surface area (Å²) in [5.41, 5.74) is 31.3. The molecule has 0 fully saturated rings. The Kier molecular flexibility index (Phi) is 18.4. The van der Waals surface area contributed by atoms with Crippen molar-refractivity contribution in [2.45, 2.75) is 209 Å². The molecule has 0 aliphatic carbocycles. The molecule has 0 amide bonds.